The minimum absolute atomic E-state index is 0.113. The van der Waals surface area contributed by atoms with Crippen LogP contribution in [0, 0.1) is 13.8 Å². The first kappa shape index (κ1) is 19.3. The first-order valence-corrected chi connectivity index (χ1v) is 11.3. The van der Waals surface area contributed by atoms with Crippen molar-refractivity contribution in [2.75, 3.05) is 17.0 Å². The maximum absolute atomic E-state index is 12.3. The molecule has 1 aromatic carbocycles. The molecule has 0 atom stereocenters. The van der Waals surface area contributed by atoms with Crippen LogP contribution in [0.1, 0.15) is 11.1 Å². The molecule has 0 unspecified atom stereocenters. The van der Waals surface area contributed by atoms with Crippen molar-refractivity contribution in [2.45, 2.75) is 18.7 Å². The van der Waals surface area contributed by atoms with Crippen LogP contribution in [0.25, 0.3) is 5.52 Å². The number of nitrogens with zero attached hydrogens (tertiary/aromatic N) is 2. The maximum atomic E-state index is 12.3. The Labute approximate surface area is 158 Å². The van der Waals surface area contributed by atoms with Crippen molar-refractivity contribution in [3.8, 4) is 0 Å². The summed E-state index contributed by atoms with van der Waals surface area (Å²) in [7, 11) is -7.48. The highest BCUT2D eigenvalue weighted by atomic mass is 32.2. The van der Waals surface area contributed by atoms with Crippen LogP contribution in [-0.2, 0) is 20.0 Å². The highest BCUT2D eigenvalue weighted by Crippen LogP contribution is 2.15. The van der Waals surface area contributed by atoms with Gasteiger partial charge >= 0.3 is 0 Å². The van der Waals surface area contributed by atoms with E-state index in [1.165, 1.54) is 6.07 Å². The largest absolute Gasteiger partial charge is 0.283 e. The highest BCUT2D eigenvalue weighted by Gasteiger charge is 2.17. The SMILES string of the molecule is Cc1ccc(S(=O)(=O)NCCS(=O)(=O)Nc2ccn3nccc3c2)cc1C. The van der Waals surface area contributed by atoms with Crippen LogP contribution < -0.4 is 9.44 Å². The zero-order chi connectivity index (χ0) is 19.7. The molecule has 2 N–H and O–H groups in total. The Morgan fingerprint density at radius 1 is 1.00 bits per heavy atom. The zero-order valence-corrected chi connectivity index (χ0v) is 16.5. The highest BCUT2D eigenvalue weighted by molar-refractivity contribution is 7.92. The molecule has 3 rings (SSSR count). The Bertz CT molecular complexity index is 1180. The molecule has 0 aliphatic heterocycles. The van der Waals surface area contributed by atoms with Crippen LogP contribution >= 0.6 is 0 Å². The molecular weight excluding hydrogens is 388 g/mol. The van der Waals surface area contributed by atoms with Crippen molar-refractivity contribution in [2.24, 2.45) is 0 Å². The van der Waals surface area contributed by atoms with Crippen LogP contribution in [0.4, 0.5) is 5.69 Å². The van der Waals surface area contributed by atoms with E-state index in [0.717, 1.165) is 16.6 Å². The second kappa shape index (κ2) is 7.29. The van der Waals surface area contributed by atoms with Crippen molar-refractivity contribution in [1.82, 2.24) is 14.3 Å². The van der Waals surface area contributed by atoms with Crippen molar-refractivity contribution in [3.63, 3.8) is 0 Å². The molecule has 10 heteroatoms. The zero-order valence-electron chi connectivity index (χ0n) is 14.9. The van der Waals surface area contributed by atoms with Gasteiger partial charge in [0, 0.05) is 18.9 Å². The number of fused-ring (bicyclic) bond motifs is 1. The standard InChI is InChI=1S/C17H20N4O4S2/c1-13-3-4-17(11-14(13)2)27(24,25)19-8-10-26(22,23)20-15-6-9-21-16(12-15)5-7-18-21/h3-7,9,11-12,19-20H,8,10H2,1-2H3. The molecule has 0 radical (unpaired) electrons. The predicted molar refractivity (Wildman–Crippen MR) is 104 cm³/mol. The van der Waals surface area contributed by atoms with Gasteiger partial charge in [-0.2, -0.15) is 5.10 Å². The normalized spacial score (nSPS) is 12.4. The summed E-state index contributed by atoms with van der Waals surface area (Å²) in [5, 5.41) is 4.04. The Morgan fingerprint density at radius 2 is 1.78 bits per heavy atom. The van der Waals surface area contributed by atoms with Crippen LogP contribution in [0.3, 0.4) is 0 Å². The van der Waals surface area contributed by atoms with E-state index >= 15 is 0 Å². The third kappa shape index (κ3) is 4.65. The number of aromatic nitrogens is 2. The molecular formula is C17H20N4O4S2. The van der Waals surface area contributed by atoms with Crippen molar-refractivity contribution < 1.29 is 16.8 Å². The quantitative estimate of drug-likeness (QED) is 0.618. The van der Waals surface area contributed by atoms with E-state index in [-0.39, 0.29) is 17.2 Å². The number of hydrogen-bond acceptors (Lipinski definition) is 5. The number of hydrogen-bond donors (Lipinski definition) is 2. The summed E-state index contributed by atoms with van der Waals surface area (Å²) in [6, 6.07) is 9.74. The third-order valence-electron chi connectivity index (χ3n) is 4.12. The van der Waals surface area contributed by atoms with Gasteiger partial charge in [-0.25, -0.2) is 26.1 Å². The van der Waals surface area contributed by atoms with E-state index in [4.69, 9.17) is 0 Å². The lowest BCUT2D eigenvalue weighted by atomic mass is 10.1. The predicted octanol–water partition coefficient (Wildman–Crippen LogP) is 1.67. The second-order valence-corrected chi connectivity index (χ2v) is 9.79. The first-order valence-electron chi connectivity index (χ1n) is 8.17. The van der Waals surface area contributed by atoms with E-state index in [2.05, 4.69) is 14.5 Å². The molecule has 0 saturated heterocycles. The fourth-order valence-corrected chi connectivity index (χ4v) is 4.70. The Morgan fingerprint density at radius 3 is 2.52 bits per heavy atom. The monoisotopic (exact) mass is 408 g/mol. The van der Waals surface area contributed by atoms with Crippen LogP contribution in [0.15, 0.2) is 53.7 Å². The van der Waals surface area contributed by atoms with Crippen LogP contribution in [-0.4, -0.2) is 38.7 Å². The van der Waals surface area contributed by atoms with Gasteiger partial charge in [0.25, 0.3) is 0 Å². The summed E-state index contributed by atoms with van der Waals surface area (Å²) in [5.41, 5.74) is 2.96. The molecule has 0 spiro atoms. The van der Waals surface area contributed by atoms with Gasteiger partial charge in [-0.3, -0.25) is 4.72 Å². The lowest BCUT2D eigenvalue weighted by Gasteiger charge is -2.10. The summed E-state index contributed by atoms with van der Waals surface area (Å²) in [6.07, 6.45) is 3.24. The third-order valence-corrected chi connectivity index (χ3v) is 6.87. The van der Waals surface area contributed by atoms with E-state index < -0.39 is 20.0 Å². The molecule has 2 heterocycles. The molecule has 8 nitrogen and oxygen atoms in total. The van der Waals surface area contributed by atoms with E-state index in [1.54, 1.807) is 47.2 Å². The Kier molecular flexibility index (Phi) is 5.22. The number of rotatable bonds is 7. The van der Waals surface area contributed by atoms with Gasteiger partial charge in [-0.1, -0.05) is 6.07 Å². The van der Waals surface area contributed by atoms with Crippen LogP contribution in [0.5, 0.6) is 0 Å². The fourth-order valence-electron chi connectivity index (χ4n) is 2.49. The van der Waals surface area contributed by atoms with Gasteiger partial charge in [0.05, 0.1) is 21.9 Å². The van der Waals surface area contributed by atoms with E-state index in [9.17, 15) is 16.8 Å². The smallest absolute Gasteiger partial charge is 0.240 e. The molecule has 0 saturated carbocycles. The summed E-state index contributed by atoms with van der Waals surface area (Å²) in [4.78, 5) is 0.113. The Hall–Kier alpha value is -2.43. The fraction of sp³-hybridized carbons (Fsp3) is 0.235. The average Bonchev–Trinajstić information content (AvgIpc) is 3.04. The topological polar surface area (TPSA) is 110 Å². The molecule has 0 amide bonds. The van der Waals surface area contributed by atoms with Crippen molar-refractivity contribution >= 4 is 31.3 Å². The number of anilines is 1. The first-order chi connectivity index (χ1) is 12.7. The van der Waals surface area contributed by atoms with Gasteiger partial charge in [0.2, 0.25) is 20.0 Å². The minimum atomic E-state index is -3.77. The average molecular weight is 409 g/mol. The number of nitrogens with one attached hydrogen (secondary N) is 2. The minimum Gasteiger partial charge on any atom is -0.283 e. The van der Waals surface area contributed by atoms with Crippen LogP contribution in [0.2, 0.25) is 0 Å². The van der Waals surface area contributed by atoms with Gasteiger partial charge < -0.3 is 0 Å². The number of sulfonamides is 2. The summed E-state index contributed by atoms with van der Waals surface area (Å²) in [5.74, 6) is -0.387. The maximum Gasteiger partial charge on any atom is 0.240 e. The molecule has 27 heavy (non-hydrogen) atoms. The lowest BCUT2D eigenvalue weighted by Crippen LogP contribution is -2.31. The van der Waals surface area contributed by atoms with Gasteiger partial charge in [-0.15, -0.1) is 0 Å². The molecule has 0 aliphatic carbocycles. The molecule has 0 fully saturated rings. The van der Waals surface area contributed by atoms with E-state index in [1.807, 2.05) is 13.8 Å². The molecule has 144 valence electrons. The van der Waals surface area contributed by atoms with Crippen molar-refractivity contribution in [1.29, 1.82) is 0 Å². The summed E-state index contributed by atoms with van der Waals surface area (Å²) >= 11 is 0. The second-order valence-electron chi connectivity index (χ2n) is 6.18. The van der Waals surface area contributed by atoms with Crippen molar-refractivity contribution in [3.05, 3.63) is 59.9 Å². The molecule has 3 aromatic rings. The molecule has 0 bridgehead atoms. The Balaban J connectivity index is 1.63. The molecule has 0 aliphatic rings. The summed E-state index contributed by atoms with van der Waals surface area (Å²) in [6.45, 7) is 3.47. The van der Waals surface area contributed by atoms with Gasteiger partial charge in [0.1, 0.15) is 0 Å². The van der Waals surface area contributed by atoms with E-state index in [0.29, 0.717) is 5.69 Å². The number of aryl methyl sites for hydroxylation is 2. The van der Waals surface area contributed by atoms with Gasteiger partial charge in [-0.05, 0) is 55.3 Å². The molecule has 2 aromatic heterocycles. The number of pyridine rings is 1. The lowest BCUT2D eigenvalue weighted by molar-refractivity contribution is 0.581. The number of benzene rings is 1. The summed E-state index contributed by atoms with van der Waals surface area (Å²) < 4.78 is 55.5. The van der Waals surface area contributed by atoms with Gasteiger partial charge in [0.15, 0.2) is 0 Å².